The average Bonchev–Trinajstić information content (AvgIpc) is 2.44. The van der Waals surface area contributed by atoms with Gasteiger partial charge in [0.2, 0.25) is 0 Å². The Morgan fingerprint density at radius 1 is 1.20 bits per heavy atom. The minimum absolute atomic E-state index is 0.0494. The molecule has 0 aliphatic heterocycles. The van der Waals surface area contributed by atoms with Crippen LogP contribution in [0.15, 0.2) is 36.4 Å². The Kier molecular flexibility index (Phi) is 4.54. The molecule has 106 valence electrons. The molecule has 2 aromatic rings. The van der Waals surface area contributed by atoms with Crippen molar-refractivity contribution >= 4 is 11.6 Å². The highest BCUT2D eigenvalue weighted by Gasteiger charge is 2.19. The molecule has 0 radical (unpaired) electrons. The summed E-state index contributed by atoms with van der Waals surface area (Å²) < 4.78 is 32.1. The predicted octanol–water partition coefficient (Wildman–Crippen LogP) is 3.18. The van der Waals surface area contributed by atoms with Gasteiger partial charge in [-0.1, -0.05) is 29.8 Å². The monoisotopic (exact) mass is 298 g/mol. The minimum Gasteiger partial charge on any atom is -0.494 e. The number of hydrogen-bond donors (Lipinski definition) is 2. The molecule has 3 nitrogen and oxygen atoms in total. The fraction of sp³-hybridized carbons (Fsp3) is 0.143. The molecule has 0 bridgehead atoms. The molecule has 0 heterocycles. The van der Waals surface area contributed by atoms with Crippen LogP contribution in [0.5, 0.6) is 5.75 Å². The molecule has 1 atom stereocenters. The molecule has 0 saturated carbocycles. The van der Waals surface area contributed by atoms with Gasteiger partial charge in [0.15, 0.2) is 11.6 Å². The molecule has 2 aromatic carbocycles. The number of nitrogens with one attached hydrogen (secondary N) is 1. The standard InChI is InChI=1S/C14H13ClF2N2O/c1-20-12-6-5-8(7-11(12)17)14(19-18)9-3-2-4-10(16)13(9)15/h2-7,14,19H,18H2,1H3. The maximum absolute atomic E-state index is 13.7. The van der Waals surface area contributed by atoms with Gasteiger partial charge in [-0.05, 0) is 29.3 Å². The fourth-order valence-corrected chi connectivity index (χ4v) is 2.21. The number of halogens is 3. The Labute approximate surface area is 120 Å². The molecule has 1 unspecified atom stereocenters. The van der Waals surface area contributed by atoms with Crippen molar-refractivity contribution in [2.75, 3.05) is 7.11 Å². The summed E-state index contributed by atoms with van der Waals surface area (Å²) in [5, 5.41) is -0.0494. The van der Waals surface area contributed by atoms with E-state index in [0.717, 1.165) is 0 Å². The SMILES string of the molecule is COc1ccc(C(NN)c2cccc(F)c2Cl)cc1F. The zero-order chi connectivity index (χ0) is 14.7. The summed E-state index contributed by atoms with van der Waals surface area (Å²) in [6, 6.07) is 8.13. The third-order valence-corrected chi connectivity index (χ3v) is 3.37. The first-order chi connectivity index (χ1) is 9.58. The number of rotatable bonds is 4. The van der Waals surface area contributed by atoms with E-state index in [4.69, 9.17) is 22.2 Å². The lowest BCUT2D eigenvalue weighted by Crippen LogP contribution is -2.29. The maximum Gasteiger partial charge on any atom is 0.165 e. The summed E-state index contributed by atoms with van der Waals surface area (Å²) in [7, 11) is 1.38. The Morgan fingerprint density at radius 2 is 1.95 bits per heavy atom. The van der Waals surface area contributed by atoms with Gasteiger partial charge in [0, 0.05) is 0 Å². The molecule has 6 heteroatoms. The Bertz CT molecular complexity index is 622. The van der Waals surface area contributed by atoms with Gasteiger partial charge in [-0.3, -0.25) is 5.84 Å². The molecule has 0 aliphatic rings. The van der Waals surface area contributed by atoms with Crippen molar-refractivity contribution < 1.29 is 13.5 Å². The van der Waals surface area contributed by atoms with Crippen molar-refractivity contribution in [1.29, 1.82) is 0 Å². The molecule has 0 aromatic heterocycles. The molecule has 3 N–H and O–H groups in total. The van der Waals surface area contributed by atoms with Crippen LogP contribution in [0.25, 0.3) is 0 Å². The maximum atomic E-state index is 13.7. The summed E-state index contributed by atoms with van der Waals surface area (Å²) in [6.07, 6.45) is 0. The van der Waals surface area contributed by atoms with E-state index in [1.807, 2.05) is 0 Å². The van der Waals surface area contributed by atoms with E-state index in [1.54, 1.807) is 12.1 Å². The highest BCUT2D eigenvalue weighted by atomic mass is 35.5. The first kappa shape index (κ1) is 14.7. The van der Waals surface area contributed by atoms with Gasteiger partial charge in [-0.25, -0.2) is 14.2 Å². The molecule has 2 rings (SSSR count). The Morgan fingerprint density at radius 3 is 2.55 bits per heavy atom. The second-order valence-corrected chi connectivity index (χ2v) is 4.51. The van der Waals surface area contributed by atoms with Gasteiger partial charge in [-0.2, -0.15) is 0 Å². The first-order valence-corrected chi connectivity index (χ1v) is 6.19. The van der Waals surface area contributed by atoms with Crippen LogP contribution in [0.3, 0.4) is 0 Å². The molecule has 0 fully saturated rings. The molecule has 0 amide bonds. The van der Waals surface area contributed by atoms with Gasteiger partial charge in [0.05, 0.1) is 18.2 Å². The Balaban J connectivity index is 2.47. The first-order valence-electron chi connectivity index (χ1n) is 5.82. The smallest absolute Gasteiger partial charge is 0.165 e. The van der Waals surface area contributed by atoms with E-state index in [9.17, 15) is 8.78 Å². The van der Waals surface area contributed by atoms with Crippen LogP contribution in [-0.2, 0) is 0 Å². The van der Waals surface area contributed by atoms with Gasteiger partial charge in [0.1, 0.15) is 5.82 Å². The van der Waals surface area contributed by atoms with E-state index in [2.05, 4.69) is 5.43 Å². The molecule has 0 aliphatic carbocycles. The molecular formula is C14H13ClF2N2O. The lowest BCUT2D eigenvalue weighted by atomic mass is 9.99. The fourth-order valence-electron chi connectivity index (χ4n) is 1.97. The second-order valence-electron chi connectivity index (χ2n) is 4.14. The summed E-state index contributed by atoms with van der Waals surface area (Å²) in [5.74, 6) is 4.52. The minimum atomic E-state index is -0.626. The average molecular weight is 299 g/mol. The highest BCUT2D eigenvalue weighted by molar-refractivity contribution is 6.31. The number of hydrazine groups is 1. The van der Waals surface area contributed by atoms with E-state index in [1.165, 1.54) is 31.4 Å². The largest absolute Gasteiger partial charge is 0.494 e. The van der Waals surface area contributed by atoms with Crippen LogP contribution in [0, 0.1) is 11.6 Å². The zero-order valence-electron chi connectivity index (χ0n) is 10.7. The van der Waals surface area contributed by atoms with Crippen LogP contribution in [0.1, 0.15) is 17.2 Å². The third kappa shape index (κ3) is 2.75. The van der Waals surface area contributed by atoms with Crippen molar-refractivity contribution in [1.82, 2.24) is 5.43 Å². The number of nitrogens with two attached hydrogens (primary N) is 1. The van der Waals surface area contributed by atoms with Crippen molar-refractivity contribution in [2.45, 2.75) is 6.04 Å². The summed E-state index contributed by atoms with van der Waals surface area (Å²) >= 11 is 5.93. The third-order valence-electron chi connectivity index (χ3n) is 2.97. The highest BCUT2D eigenvalue weighted by Crippen LogP contribution is 2.31. The van der Waals surface area contributed by atoms with Crippen LogP contribution in [0.2, 0.25) is 5.02 Å². The zero-order valence-corrected chi connectivity index (χ0v) is 11.4. The lowest BCUT2D eigenvalue weighted by Gasteiger charge is -2.19. The van der Waals surface area contributed by atoms with Gasteiger partial charge < -0.3 is 4.74 Å². The van der Waals surface area contributed by atoms with E-state index in [0.29, 0.717) is 11.1 Å². The topological polar surface area (TPSA) is 47.3 Å². The Hall–Kier alpha value is -1.69. The van der Waals surface area contributed by atoms with Crippen LogP contribution < -0.4 is 16.0 Å². The molecule has 20 heavy (non-hydrogen) atoms. The lowest BCUT2D eigenvalue weighted by molar-refractivity contribution is 0.385. The van der Waals surface area contributed by atoms with Crippen molar-refractivity contribution in [2.24, 2.45) is 5.84 Å². The summed E-state index contributed by atoms with van der Waals surface area (Å²) in [4.78, 5) is 0. The van der Waals surface area contributed by atoms with Crippen molar-refractivity contribution in [3.8, 4) is 5.75 Å². The van der Waals surface area contributed by atoms with Gasteiger partial charge >= 0.3 is 0 Å². The summed E-state index contributed by atoms with van der Waals surface area (Å²) in [6.45, 7) is 0. The second kappa shape index (κ2) is 6.17. The normalized spacial score (nSPS) is 12.2. The van der Waals surface area contributed by atoms with Crippen LogP contribution >= 0.6 is 11.6 Å². The quantitative estimate of drug-likeness (QED) is 0.673. The van der Waals surface area contributed by atoms with Crippen LogP contribution in [0.4, 0.5) is 8.78 Å². The predicted molar refractivity (Wildman–Crippen MR) is 73.5 cm³/mol. The van der Waals surface area contributed by atoms with Gasteiger partial charge in [-0.15, -0.1) is 0 Å². The molecular weight excluding hydrogens is 286 g/mol. The van der Waals surface area contributed by atoms with Crippen molar-refractivity contribution in [3.63, 3.8) is 0 Å². The van der Waals surface area contributed by atoms with Crippen LogP contribution in [-0.4, -0.2) is 7.11 Å². The molecule has 0 spiro atoms. The number of ether oxygens (including phenoxy) is 1. The number of hydrogen-bond acceptors (Lipinski definition) is 3. The summed E-state index contributed by atoms with van der Waals surface area (Å²) in [5.41, 5.74) is 3.45. The van der Waals surface area contributed by atoms with E-state index in [-0.39, 0.29) is 10.8 Å². The van der Waals surface area contributed by atoms with E-state index < -0.39 is 17.7 Å². The van der Waals surface area contributed by atoms with Crippen molar-refractivity contribution in [3.05, 3.63) is 64.2 Å². The molecule has 0 saturated heterocycles. The van der Waals surface area contributed by atoms with E-state index >= 15 is 0 Å². The van der Waals surface area contributed by atoms with Gasteiger partial charge in [0.25, 0.3) is 0 Å². The number of methoxy groups -OCH3 is 1. The number of benzene rings is 2.